The Kier molecular flexibility index (Phi) is 4.03. The summed E-state index contributed by atoms with van der Waals surface area (Å²) in [6.07, 6.45) is 2.24. The number of rotatable bonds is 5. The fourth-order valence-electron chi connectivity index (χ4n) is 3.16. The van der Waals surface area contributed by atoms with E-state index in [4.69, 9.17) is 0 Å². The second-order valence-electron chi connectivity index (χ2n) is 5.70. The van der Waals surface area contributed by atoms with E-state index in [1.165, 1.54) is 18.3 Å². The first-order valence-electron chi connectivity index (χ1n) is 7.20. The van der Waals surface area contributed by atoms with Gasteiger partial charge in [0.05, 0.1) is 5.92 Å². The number of aromatic nitrogens is 1. The van der Waals surface area contributed by atoms with Gasteiger partial charge >= 0.3 is 12.6 Å². The molecule has 0 aromatic carbocycles. The fraction of sp³-hybridized carbons (Fsp3) is 0.571. The molecule has 2 aliphatic carbocycles. The number of nitrogens with zero attached hydrogens (tertiary/aromatic N) is 1. The van der Waals surface area contributed by atoms with Crippen molar-refractivity contribution in [3.8, 4) is 5.88 Å². The van der Waals surface area contributed by atoms with E-state index in [0.717, 1.165) is 0 Å². The Morgan fingerprint density at radius 3 is 2.87 bits per heavy atom. The van der Waals surface area contributed by atoms with E-state index >= 15 is 0 Å². The van der Waals surface area contributed by atoms with Crippen molar-refractivity contribution in [3.05, 3.63) is 23.9 Å². The molecule has 5 nitrogen and oxygen atoms in total. The SMILES string of the molecule is O=C(NCc1ccnc(OC(F)F)c1)N[C@@H]1CC[C@@H]2C1C2(F)F. The normalized spacial score (nSPS) is 27.4. The molecule has 1 aromatic rings. The molecule has 2 amide bonds. The average molecular weight is 333 g/mol. The molecular weight excluding hydrogens is 318 g/mol. The standard InChI is InChI=1S/C14H15F4N3O2/c15-12(16)23-10-5-7(3-4-19-10)6-20-13(22)21-9-2-1-8-11(9)14(8,17)18/h3-5,8-9,11-12H,1-2,6H2,(H2,20,21,22)/t8-,9-,11?/m1/s1. The molecule has 2 fully saturated rings. The summed E-state index contributed by atoms with van der Waals surface area (Å²) in [4.78, 5) is 15.4. The molecule has 2 aliphatic rings. The van der Waals surface area contributed by atoms with Crippen LogP contribution in [0.1, 0.15) is 18.4 Å². The van der Waals surface area contributed by atoms with Crippen LogP contribution in [-0.4, -0.2) is 29.6 Å². The number of hydrogen-bond donors (Lipinski definition) is 2. The average Bonchev–Trinajstić information content (AvgIpc) is 2.81. The highest BCUT2D eigenvalue weighted by atomic mass is 19.3. The molecule has 2 N–H and O–H groups in total. The molecule has 0 radical (unpaired) electrons. The van der Waals surface area contributed by atoms with Crippen LogP contribution in [0.5, 0.6) is 5.88 Å². The summed E-state index contributed by atoms with van der Waals surface area (Å²) >= 11 is 0. The lowest BCUT2D eigenvalue weighted by molar-refractivity contribution is -0.0529. The van der Waals surface area contributed by atoms with Crippen LogP contribution < -0.4 is 15.4 Å². The number of amides is 2. The highest BCUT2D eigenvalue weighted by molar-refractivity contribution is 5.74. The van der Waals surface area contributed by atoms with E-state index in [-0.39, 0.29) is 12.4 Å². The molecule has 1 unspecified atom stereocenters. The largest absolute Gasteiger partial charge is 0.417 e. The van der Waals surface area contributed by atoms with Gasteiger partial charge in [0, 0.05) is 30.8 Å². The number of alkyl halides is 4. The molecule has 0 spiro atoms. The van der Waals surface area contributed by atoms with E-state index in [1.807, 2.05) is 0 Å². The van der Waals surface area contributed by atoms with Gasteiger partial charge in [0.2, 0.25) is 5.88 Å². The number of carbonyl (C=O) groups is 1. The number of pyridine rings is 1. The minimum absolute atomic E-state index is 0.0468. The van der Waals surface area contributed by atoms with Crippen LogP contribution in [0.4, 0.5) is 22.4 Å². The maximum Gasteiger partial charge on any atom is 0.388 e. The third-order valence-corrected chi connectivity index (χ3v) is 4.26. The molecule has 2 saturated carbocycles. The molecule has 9 heteroatoms. The molecule has 23 heavy (non-hydrogen) atoms. The van der Waals surface area contributed by atoms with Gasteiger partial charge < -0.3 is 15.4 Å². The van der Waals surface area contributed by atoms with Crippen molar-refractivity contribution in [3.63, 3.8) is 0 Å². The van der Waals surface area contributed by atoms with Crippen molar-refractivity contribution in [2.45, 2.75) is 38.0 Å². The van der Waals surface area contributed by atoms with Crippen LogP contribution in [0, 0.1) is 11.8 Å². The van der Waals surface area contributed by atoms with Crippen LogP contribution >= 0.6 is 0 Å². The number of halogens is 4. The molecule has 3 atom stereocenters. The zero-order valence-electron chi connectivity index (χ0n) is 11.9. The molecule has 1 heterocycles. The first kappa shape index (κ1) is 15.8. The Hall–Kier alpha value is -2.06. The molecule has 0 bridgehead atoms. The van der Waals surface area contributed by atoms with Gasteiger partial charge in [-0.15, -0.1) is 0 Å². The van der Waals surface area contributed by atoms with Crippen LogP contribution in [0.3, 0.4) is 0 Å². The fourth-order valence-corrected chi connectivity index (χ4v) is 3.16. The lowest BCUT2D eigenvalue weighted by Crippen LogP contribution is -2.43. The minimum atomic E-state index is -2.98. The zero-order chi connectivity index (χ0) is 16.6. The monoisotopic (exact) mass is 333 g/mol. The van der Waals surface area contributed by atoms with Crippen molar-refractivity contribution in [2.24, 2.45) is 11.8 Å². The van der Waals surface area contributed by atoms with Gasteiger partial charge in [-0.25, -0.2) is 18.6 Å². The molecular formula is C14H15F4N3O2. The maximum absolute atomic E-state index is 13.3. The van der Waals surface area contributed by atoms with Gasteiger partial charge in [0.15, 0.2) is 0 Å². The Morgan fingerprint density at radius 2 is 2.22 bits per heavy atom. The second kappa shape index (κ2) is 5.86. The van der Waals surface area contributed by atoms with Gasteiger partial charge in [-0.1, -0.05) is 0 Å². The Morgan fingerprint density at radius 1 is 1.43 bits per heavy atom. The summed E-state index contributed by atoms with van der Waals surface area (Å²) in [6.45, 7) is -2.94. The number of nitrogens with one attached hydrogen (secondary N) is 2. The topological polar surface area (TPSA) is 63.2 Å². The Labute approximate surface area is 129 Å². The summed E-state index contributed by atoms with van der Waals surface area (Å²) < 4.78 is 54.9. The van der Waals surface area contributed by atoms with Gasteiger partial charge in [-0.2, -0.15) is 8.78 Å². The number of fused-ring (bicyclic) bond motifs is 1. The van der Waals surface area contributed by atoms with E-state index in [2.05, 4.69) is 20.4 Å². The van der Waals surface area contributed by atoms with E-state index in [9.17, 15) is 22.4 Å². The Bertz CT molecular complexity index is 599. The molecule has 126 valence electrons. The van der Waals surface area contributed by atoms with Crippen LogP contribution in [0.2, 0.25) is 0 Å². The predicted octanol–water partition coefficient (Wildman–Crippen LogP) is 2.53. The van der Waals surface area contributed by atoms with Crippen LogP contribution in [0.25, 0.3) is 0 Å². The lowest BCUT2D eigenvalue weighted by atomic mass is 10.1. The van der Waals surface area contributed by atoms with Gasteiger partial charge in [0.1, 0.15) is 0 Å². The van der Waals surface area contributed by atoms with Crippen molar-refractivity contribution in [1.82, 2.24) is 15.6 Å². The van der Waals surface area contributed by atoms with E-state index in [1.54, 1.807) is 0 Å². The van der Waals surface area contributed by atoms with Crippen molar-refractivity contribution >= 4 is 6.03 Å². The summed E-state index contributed by atoms with van der Waals surface area (Å²) in [5.41, 5.74) is 0.506. The minimum Gasteiger partial charge on any atom is -0.417 e. The first-order valence-corrected chi connectivity index (χ1v) is 7.20. The first-order chi connectivity index (χ1) is 10.9. The Balaban J connectivity index is 1.48. The number of carbonyl (C=O) groups excluding carboxylic acids is 1. The summed E-state index contributed by atoms with van der Waals surface area (Å²) in [5.74, 6) is -4.29. The highest BCUT2D eigenvalue weighted by Gasteiger charge is 2.73. The smallest absolute Gasteiger partial charge is 0.388 e. The summed E-state index contributed by atoms with van der Waals surface area (Å²) in [7, 11) is 0. The van der Waals surface area contributed by atoms with E-state index in [0.29, 0.717) is 18.4 Å². The highest BCUT2D eigenvalue weighted by Crippen LogP contribution is 2.63. The quantitative estimate of drug-likeness (QED) is 0.814. The van der Waals surface area contributed by atoms with Crippen molar-refractivity contribution in [2.75, 3.05) is 0 Å². The van der Waals surface area contributed by atoms with Gasteiger partial charge in [-0.05, 0) is 24.5 Å². The second-order valence-corrected chi connectivity index (χ2v) is 5.70. The zero-order valence-corrected chi connectivity index (χ0v) is 11.9. The van der Waals surface area contributed by atoms with Crippen molar-refractivity contribution < 1.29 is 27.1 Å². The number of urea groups is 1. The molecule has 3 rings (SSSR count). The van der Waals surface area contributed by atoms with Crippen LogP contribution in [0.15, 0.2) is 18.3 Å². The third-order valence-electron chi connectivity index (χ3n) is 4.26. The molecule has 0 aliphatic heterocycles. The van der Waals surface area contributed by atoms with E-state index < -0.39 is 36.4 Å². The number of hydrogen-bond acceptors (Lipinski definition) is 3. The summed E-state index contributed by atoms with van der Waals surface area (Å²) in [5, 5.41) is 5.05. The third kappa shape index (κ3) is 3.32. The predicted molar refractivity (Wildman–Crippen MR) is 71.2 cm³/mol. The number of ether oxygens (including phenoxy) is 1. The maximum atomic E-state index is 13.3. The summed E-state index contributed by atoms with van der Waals surface area (Å²) in [6, 6.07) is 1.71. The molecule has 0 saturated heterocycles. The van der Waals surface area contributed by atoms with Crippen molar-refractivity contribution in [1.29, 1.82) is 0 Å². The van der Waals surface area contributed by atoms with Gasteiger partial charge in [0.25, 0.3) is 5.92 Å². The van der Waals surface area contributed by atoms with Crippen LogP contribution in [-0.2, 0) is 6.54 Å². The molecule has 1 aromatic heterocycles. The van der Waals surface area contributed by atoms with Gasteiger partial charge in [-0.3, -0.25) is 0 Å². The lowest BCUT2D eigenvalue weighted by Gasteiger charge is -2.16.